The standard InChI is InChI=1S/C14H16N2O3/c15-12(9-5-6-19-8-9)7-16-13(17)10-3-1-2-4-11(10)14(16)18/h1-4,9,12H,5-8,15H2. The van der Waals surface area contributed by atoms with E-state index in [2.05, 4.69) is 0 Å². The summed E-state index contributed by atoms with van der Waals surface area (Å²) in [6.07, 6.45) is 0.893. The maximum atomic E-state index is 12.2. The van der Waals surface area contributed by atoms with Gasteiger partial charge in [0.1, 0.15) is 0 Å². The van der Waals surface area contributed by atoms with E-state index < -0.39 is 0 Å². The molecule has 0 aromatic heterocycles. The zero-order valence-electron chi connectivity index (χ0n) is 10.5. The molecule has 2 N–H and O–H groups in total. The van der Waals surface area contributed by atoms with Crippen molar-refractivity contribution >= 4 is 11.8 Å². The smallest absolute Gasteiger partial charge is 0.261 e. The monoisotopic (exact) mass is 260 g/mol. The molecule has 2 amide bonds. The van der Waals surface area contributed by atoms with E-state index in [0.717, 1.165) is 6.42 Å². The number of nitrogens with zero attached hydrogens (tertiary/aromatic N) is 1. The number of rotatable bonds is 3. The lowest BCUT2D eigenvalue weighted by atomic mass is 9.99. The minimum absolute atomic E-state index is 0.218. The van der Waals surface area contributed by atoms with Gasteiger partial charge < -0.3 is 10.5 Å². The van der Waals surface area contributed by atoms with E-state index in [0.29, 0.717) is 24.3 Å². The number of carbonyl (C=O) groups is 2. The Labute approximate surface area is 111 Å². The highest BCUT2D eigenvalue weighted by atomic mass is 16.5. The number of fused-ring (bicyclic) bond motifs is 1. The molecule has 2 unspecified atom stereocenters. The van der Waals surface area contributed by atoms with E-state index in [-0.39, 0.29) is 30.3 Å². The van der Waals surface area contributed by atoms with Gasteiger partial charge in [-0.2, -0.15) is 0 Å². The Balaban J connectivity index is 1.76. The second-order valence-electron chi connectivity index (χ2n) is 5.05. The van der Waals surface area contributed by atoms with Crippen LogP contribution in [0.5, 0.6) is 0 Å². The SMILES string of the molecule is NC(CN1C(=O)c2ccccc2C1=O)C1CCOC1. The van der Waals surface area contributed by atoms with Gasteiger partial charge in [-0.3, -0.25) is 14.5 Å². The molecule has 0 bridgehead atoms. The Hall–Kier alpha value is -1.72. The van der Waals surface area contributed by atoms with Crippen LogP contribution < -0.4 is 5.73 Å². The van der Waals surface area contributed by atoms with Crippen LogP contribution in [-0.4, -0.2) is 42.5 Å². The molecule has 1 fully saturated rings. The fraction of sp³-hybridized carbons (Fsp3) is 0.429. The molecule has 3 rings (SSSR count). The van der Waals surface area contributed by atoms with E-state index in [9.17, 15) is 9.59 Å². The van der Waals surface area contributed by atoms with Crippen LogP contribution in [0.15, 0.2) is 24.3 Å². The van der Waals surface area contributed by atoms with Crippen LogP contribution >= 0.6 is 0 Å². The average Bonchev–Trinajstić information content (AvgIpc) is 3.03. The van der Waals surface area contributed by atoms with Crippen molar-refractivity contribution < 1.29 is 14.3 Å². The molecule has 2 atom stereocenters. The first-order chi connectivity index (χ1) is 9.18. The number of carbonyl (C=O) groups excluding carboxylic acids is 2. The predicted molar refractivity (Wildman–Crippen MR) is 68.7 cm³/mol. The minimum Gasteiger partial charge on any atom is -0.381 e. The third-order valence-corrected chi connectivity index (χ3v) is 3.84. The Morgan fingerprint density at radius 1 is 1.26 bits per heavy atom. The van der Waals surface area contributed by atoms with Gasteiger partial charge in [0, 0.05) is 25.1 Å². The van der Waals surface area contributed by atoms with Gasteiger partial charge in [0.2, 0.25) is 0 Å². The van der Waals surface area contributed by atoms with Crippen LogP contribution in [0.25, 0.3) is 0 Å². The highest BCUT2D eigenvalue weighted by molar-refractivity contribution is 6.21. The molecule has 0 aliphatic carbocycles. The van der Waals surface area contributed by atoms with Gasteiger partial charge in [0.25, 0.3) is 11.8 Å². The van der Waals surface area contributed by atoms with Crippen LogP contribution in [0.3, 0.4) is 0 Å². The zero-order valence-corrected chi connectivity index (χ0v) is 10.5. The lowest BCUT2D eigenvalue weighted by molar-refractivity contribution is 0.0631. The Kier molecular flexibility index (Phi) is 3.08. The molecule has 2 aliphatic heterocycles. The molecule has 0 saturated carbocycles. The van der Waals surface area contributed by atoms with Crippen molar-refractivity contribution in [1.29, 1.82) is 0 Å². The van der Waals surface area contributed by atoms with Crippen molar-refractivity contribution in [3.05, 3.63) is 35.4 Å². The van der Waals surface area contributed by atoms with Gasteiger partial charge >= 0.3 is 0 Å². The van der Waals surface area contributed by atoms with Gasteiger partial charge in [0.05, 0.1) is 17.7 Å². The molecule has 2 aliphatic rings. The van der Waals surface area contributed by atoms with Gasteiger partial charge in [-0.05, 0) is 18.6 Å². The Morgan fingerprint density at radius 2 is 1.89 bits per heavy atom. The molecule has 0 spiro atoms. The summed E-state index contributed by atoms with van der Waals surface area (Å²) in [5, 5.41) is 0. The van der Waals surface area contributed by atoms with Gasteiger partial charge in [0.15, 0.2) is 0 Å². The maximum Gasteiger partial charge on any atom is 0.261 e. The van der Waals surface area contributed by atoms with E-state index in [1.807, 2.05) is 0 Å². The molecule has 1 aromatic rings. The van der Waals surface area contributed by atoms with E-state index in [1.165, 1.54) is 4.90 Å². The third kappa shape index (κ3) is 2.05. The number of ether oxygens (including phenoxy) is 1. The molecule has 5 nitrogen and oxygen atoms in total. The third-order valence-electron chi connectivity index (χ3n) is 3.84. The van der Waals surface area contributed by atoms with Crippen LogP contribution in [0.2, 0.25) is 0 Å². The molecular weight excluding hydrogens is 244 g/mol. The van der Waals surface area contributed by atoms with Crippen LogP contribution in [0, 0.1) is 5.92 Å². The summed E-state index contributed by atoms with van der Waals surface area (Å²) < 4.78 is 5.29. The summed E-state index contributed by atoms with van der Waals surface area (Å²) in [7, 11) is 0. The first-order valence-corrected chi connectivity index (χ1v) is 6.47. The number of hydrogen-bond donors (Lipinski definition) is 1. The van der Waals surface area contributed by atoms with E-state index >= 15 is 0 Å². The molecule has 100 valence electrons. The lowest BCUT2D eigenvalue weighted by Crippen LogP contribution is -2.44. The minimum atomic E-state index is -0.241. The molecule has 0 radical (unpaired) electrons. The first-order valence-electron chi connectivity index (χ1n) is 6.47. The van der Waals surface area contributed by atoms with Crippen LogP contribution in [-0.2, 0) is 4.74 Å². The number of benzene rings is 1. The predicted octanol–water partition coefficient (Wildman–Crippen LogP) is 0.646. The number of amides is 2. The summed E-state index contributed by atoms with van der Waals surface area (Å²) >= 11 is 0. The Morgan fingerprint density at radius 3 is 2.42 bits per heavy atom. The highest BCUT2D eigenvalue weighted by Crippen LogP contribution is 2.24. The van der Waals surface area contributed by atoms with Crippen molar-refractivity contribution in [1.82, 2.24) is 4.90 Å². The van der Waals surface area contributed by atoms with Crippen LogP contribution in [0.1, 0.15) is 27.1 Å². The largest absolute Gasteiger partial charge is 0.381 e. The highest BCUT2D eigenvalue weighted by Gasteiger charge is 2.37. The molecule has 19 heavy (non-hydrogen) atoms. The van der Waals surface area contributed by atoms with Crippen molar-refractivity contribution in [3.63, 3.8) is 0 Å². The topological polar surface area (TPSA) is 72.6 Å². The molecule has 1 saturated heterocycles. The zero-order chi connectivity index (χ0) is 13.4. The summed E-state index contributed by atoms with van der Waals surface area (Å²) in [5.74, 6) is -0.255. The van der Waals surface area contributed by atoms with Gasteiger partial charge in [-0.25, -0.2) is 0 Å². The fourth-order valence-electron chi connectivity index (χ4n) is 2.66. The molecule has 1 aromatic carbocycles. The average molecular weight is 260 g/mol. The maximum absolute atomic E-state index is 12.2. The summed E-state index contributed by atoms with van der Waals surface area (Å²) in [5.41, 5.74) is 7.04. The Bertz CT molecular complexity index is 488. The van der Waals surface area contributed by atoms with Crippen molar-refractivity contribution in [3.8, 4) is 0 Å². The summed E-state index contributed by atoms with van der Waals surface area (Å²) in [4.78, 5) is 25.6. The number of hydrogen-bond acceptors (Lipinski definition) is 4. The van der Waals surface area contributed by atoms with Crippen molar-refractivity contribution in [2.24, 2.45) is 11.7 Å². The van der Waals surface area contributed by atoms with Gasteiger partial charge in [-0.15, -0.1) is 0 Å². The van der Waals surface area contributed by atoms with E-state index in [4.69, 9.17) is 10.5 Å². The van der Waals surface area contributed by atoms with Crippen molar-refractivity contribution in [2.45, 2.75) is 12.5 Å². The quantitative estimate of drug-likeness (QED) is 0.810. The summed E-state index contributed by atoms with van der Waals surface area (Å²) in [6, 6.07) is 6.67. The molecule has 2 heterocycles. The molecule has 5 heteroatoms. The van der Waals surface area contributed by atoms with Crippen LogP contribution in [0.4, 0.5) is 0 Å². The summed E-state index contributed by atoms with van der Waals surface area (Å²) in [6.45, 7) is 1.59. The second kappa shape index (κ2) is 4.75. The second-order valence-corrected chi connectivity index (χ2v) is 5.05. The number of imide groups is 1. The fourth-order valence-corrected chi connectivity index (χ4v) is 2.66. The molecular formula is C14H16N2O3. The van der Waals surface area contributed by atoms with Gasteiger partial charge in [-0.1, -0.05) is 12.1 Å². The lowest BCUT2D eigenvalue weighted by Gasteiger charge is -2.22. The first kappa shape index (κ1) is 12.3. The number of nitrogens with two attached hydrogens (primary N) is 1. The normalized spacial score (nSPS) is 23.8. The van der Waals surface area contributed by atoms with E-state index in [1.54, 1.807) is 24.3 Å². The van der Waals surface area contributed by atoms with Crippen molar-refractivity contribution in [2.75, 3.05) is 19.8 Å².